The molecule has 4 rings (SSSR count). The van der Waals surface area contributed by atoms with Crippen LogP contribution in [0.15, 0.2) is 60.2 Å². The Bertz CT molecular complexity index is 841. The minimum absolute atomic E-state index is 0.147. The van der Waals surface area contributed by atoms with Crippen LogP contribution in [0.2, 0.25) is 0 Å². The van der Waals surface area contributed by atoms with Crippen molar-refractivity contribution in [3.8, 4) is 5.75 Å². The van der Waals surface area contributed by atoms with E-state index in [0.29, 0.717) is 24.3 Å². The molecule has 2 aliphatic rings. The SMILES string of the molecule is COc1ccc(C=C2CC[C@H]3[C@@H](CCC(=O)N3[C@@H](C)c3ccccc3)C2)cc1. The molecule has 0 aromatic heterocycles. The van der Waals surface area contributed by atoms with Crippen molar-refractivity contribution in [1.82, 2.24) is 4.90 Å². The van der Waals surface area contributed by atoms with E-state index >= 15 is 0 Å². The largest absolute Gasteiger partial charge is 0.497 e. The predicted molar refractivity (Wildman–Crippen MR) is 113 cm³/mol. The summed E-state index contributed by atoms with van der Waals surface area (Å²) in [5, 5.41) is 0. The van der Waals surface area contributed by atoms with Gasteiger partial charge in [-0.1, -0.05) is 54.1 Å². The molecule has 0 bridgehead atoms. The number of carbonyl (C=O) groups is 1. The number of hydrogen-bond acceptors (Lipinski definition) is 2. The summed E-state index contributed by atoms with van der Waals surface area (Å²) in [6.45, 7) is 2.18. The molecular formula is C25H29NO2. The van der Waals surface area contributed by atoms with E-state index < -0.39 is 0 Å². The molecule has 0 radical (unpaired) electrons. The standard InChI is InChI=1S/C25H29NO2/c1-18(21-6-4-3-5-7-21)26-24-14-10-20(17-22(24)11-15-25(26)27)16-19-8-12-23(28-2)13-9-19/h3-9,12-13,16,18,22,24H,10-11,14-15,17H2,1-2H3/t18-,22-,24-/m0/s1. The van der Waals surface area contributed by atoms with E-state index in [2.05, 4.69) is 54.3 Å². The lowest BCUT2D eigenvalue weighted by Gasteiger charge is -2.47. The van der Waals surface area contributed by atoms with Crippen LogP contribution in [0.25, 0.3) is 6.08 Å². The number of allylic oxidation sites excluding steroid dienone is 1. The number of hydrogen-bond donors (Lipinski definition) is 0. The highest BCUT2D eigenvalue weighted by Gasteiger charge is 2.40. The molecule has 2 fully saturated rings. The van der Waals surface area contributed by atoms with Crippen LogP contribution in [0.4, 0.5) is 0 Å². The van der Waals surface area contributed by atoms with E-state index in [4.69, 9.17) is 4.74 Å². The van der Waals surface area contributed by atoms with Crippen molar-refractivity contribution < 1.29 is 9.53 Å². The van der Waals surface area contributed by atoms with Gasteiger partial charge in [-0.3, -0.25) is 4.79 Å². The number of rotatable bonds is 4. The summed E-state index contributed by atoms with van der Waals surface area (Å²) in [5.41, 5.74) is 3.97. The van der Waals surface area contributed by atoms with Crippen LogP contribution in [0.3, 0.4) is 0 Å². The number of likely N-dealkylation sites (tertiary alicyclic amines) is 1. The van der Waals surface area contributed by atoms with E-state index in [1.165, 1.54) is 16.7 Å². The second kappa shape index (κ2) is 8.22. The fourth-order valence-corrected chi connectivity index (χ4v) is 4.89. The summed E-state index contributed by atoms with van der Waals surface area (Å²) in [6, 6.07) is 19.2. The van der Waals surface area contributed by atoms with Crippen LogP contribution in [-0.4, -0.2) is 24.0 Å². The average Bonchev–Trinajstić information content (AvgIpc) is 2.74. The monoisotopic (exact) mass is 375 g/mol. The number of nitrogens with zero attached hydrogens (tertiary/aromatic N) is 1. The molecule has 3 nitrogen and oxygen atoms in total. The molecule has 146 valence electrons. The zero-order valence-electron chi connectivity index (χ0n) is 16.8. The Balaban J connectivity index is 1.50. The topological polar surface area (TPSA) is 29.5 Å². The summed E-state index contributed by atoms with van der Waals surface area (Å²) in [4.78, 5) is 15.0. The lowest BCUT2D eigenvalue weighted by Crippen LogP contribution is -2.51. The van der Waals surface area contributed by atoms with Crippen molar-refractivity contribution in [3.05, 3.63) is 71.3 Å². The van der Waals surface area contributed by atoms with Crippen molar-refractivity contribution in [3.63, 3.8) is 0 Å². The van der Waals surface area contributed by atoms with Crippen LogP contribution in [0.5, 0.6) is 5.75 Å². The zero-order chi connectivity index (χ0) is 19.5. The highest BCUT2D eigenvalue weighted by molar-refractivity contribution is 5.78. The molecule has 0 N–H and O–H groups in total. The quantitative estimate of drug-likeness (QED) is 0.693. The minimum Gasteiger partial charge on any atom is -0.497 e. The maximum Gasteiger partial charge on any atom is 0.223 e. The summed E-state index contributed by atoms with van der Waals surface area (Å²) in [6.07, 6.45) is 7.25. The Morgan fingerprint density at radius 3 is 2.50 bits per heavy atom. The number of methoxy groups -OCH3 is 1. The molecule has 1 heterocycles. The third-order valence-corrected chi connectivity index (χ3v) is 6.39. The van der Waals surface area contributed by atoms with Crippen LogP contribution in [0, 0.1) is 5.92 Å². The van der Waals surface area contributed by atoms with Gasteiger partial charge in [0.1, 0.15) is 5.75 Å². The van der Waals surface area contributed by atoms with Crippen molar-refractivity contribution in [2.45, 2.75) is 51.1 Å². The number of ether oxygens (including phenoxy) is 1. The third kappa shape index (κ3) is 3.84. The predicted octanol–water partition coefficient (Wildman–Crippen LogP) is 5.63. The fraction of sp³-hybridized carbons (Fsp3) is 0.400. The van der Waals surface area contributed by atoms with Crippen molar-refractivity contribution in [2.24, 2.45) is 5.92 Å². The number of carbonyl (C=O) groups excluding carboxylic acids is 1. The molecule has 1 aliphatic heterocycles. The van der Waals surface area contributed by atoms with E-state index in [1.807, 2.05) is 18.2 Å². The summed E-state index contributed by atoms with van der Waals surface area (Å²) >= 11 is 0. The fourth-order valence-electron chi connectivity index (χ4n) is 4.89. The molecule has 2 aromatic rings. The highest BCUT2D eigenvalue weighted by Crippen LogP contribution is 2.42. The minimum atomic E-state index is 0.147. The molecule has 0 spiro atoms. The van der Waals surface area contributed by atoms with Gasteiger partial charge in [0.15, 0.2) is 0 Å². The Labute approximate surface area is 168 Å². The van der Waals surface area contributed by atoms with Gasteiger partial charge < -0.3 is 9.64 Å². The molecule has 1 saturated heterocycles. The van der Waals surface area contributed by atoms with Gasteiger partial charge in [0.25, 0.3) is 0 Å². The second-order valence-electron chi connectivity index (χ2n) is 8.07. The van der Waals surface area contributed by atoms with Gasteiger partial charge in [-0.25, -0.2) is 0 Å². The maximum atomic E-state index is 12.8. The van der Waals surface area contributed by atoms with Gasteiger partial charge in [-0.05, 0) is 61.8 Å². The van der Waals surface area contributed by atoms with Gasteiger partial charge in [0.2, 0.25) is 5.91 Å². The third-order valence-electron chi connectivity index (χ3n) is 6.39. The van der Waals surface area contributed by atoms with Gasteiger partial charge in [-0.2, -0.15) is 0 Å². The first kappa shape index (κ1) is 18.8. The van der Waals surface area contributed by atoms with Crippen molar-refractivity contribution >= 4 is 12.0 Å². The molecule has 2 aromatic carbocycles. The van der Waals surface area contributed by atoms with Crippen molar-refractivity contribution in [1.29, 1.82) is 0 Å². The summed E-state index contributed by atoms with van der Waals surface area (Å²) in [7, 11) is 1.70. The lowest BCUT2D eigenvalue weighted by atomic mass is 9.74. The van der Waals surface area contributed by atoms with E-state index in [9.17, 15) is 4.79 Å². The van der Waals surface area contributed by atoms with Gasteiger partial charge in [0, 0.05) is 12.5 Å². The second-order valence-corrected chi connectivity index (χ2v) is 8.07. The van der Waals surface area contributed by atoms with Crippen LogP contribution in [0.1, 0.15) is 56.2 Å². The Morgan fingerprint density at radius 1 is 1.04 bits per heavy atom. The van der Waals surface area contributed by atoms with Crippen LogP contribution >= 0.6 is 0 Å². The summed E-state index contributed by atoms with van der Waals surface area (Å²) < 4.78 is 5.25. The molecule has 1 amide bonds. The van der Waals surface area contributed by atoms with E-state index in [0.717, 1.165) is 31.4 Å². The molecule has 3 atom stereocenters. The molecule has 28 heavy (non-hydrogen) atoms. The zero-order valence-corrected chi connectivity index (χ0v) is 16.8. The number of piperidine rings is 1. The summed E-state index contributed by atoms with van der Waals surface area (Å²) in [5.74, 6) is 1.78. The Morgan fingerprint density at radius 2 is 1.79 bits per heavy atom. The smallest absolute Gasteiger partial charge is 0.223 e. The number of benzene rings is 2. The lowest BCUT2D eigenvalue weighted by molar-refractivity contribution is -0.142. The number of fused-ring (bicyclic) bond motifs is 1. The van der Waals surface area contributed by atoms with Gasteiger partial charge >= 0.3 is 0 Å². The molecule has 0 unspecified atom stereocenters. The van der Waals surface area contributed by atoms with Crippen LogP contribution in [-0.2, 0) is 4.79 Å². The first-order valence-electron chi connectivity index (χ1n) is 10.4. The number of amides is 1. The Hall–Kier alpha value is -2.55. The van der Waals surface area contributed by atoms with E-state index in [-0.39, 0.29) is 6.04 Å². The van der Waals surface area contributed by atoms with Crippen LogP contribution < -0.4 is 4.74 Å². The normalized spacial score (nSPS) is 24.7. The van der Waals surface area contributed by atoms with Gasteiger partial charge in [0.05, 0.1) is 13.2 Å². The maximum absolute atomic E-state index is 12.8. The van der Waals surface area contributed by atoms with E-state index in [1.54, 1.807) is 7.11 Å². The molecule has 1 aliphatic carbocycles. The average molecular weight is 376 g/mol. The first-order valence-corrected chi connectivity index (χ1v) is 10.4. The molecule has 3 heteroatoms. The highest BCUT2D eigenvalue weighted by atomic mass is 16.5. The Kier molecular flexibility index (Phi) is 5.52. The van der Waals surface area contributed by atoms with Gasteiger partial charge in [-0.15, -0.1) is 0 Å². The molecule has 1 saturated carbocycles. The molecular weight excluding hydrogens is 346 g/mol. The first-order chi connectivity index (χ1) is 13.7. The van der Waals surface area contributed by atoms with Crippen molar-refractivity contribution in [2.75, 3.05) is 7.11 Å².